The summed E-state index contributed by atoms with van der Waals surface area (Å²) in [5, 5.41) is 0.0217. The zero-order valence-corrected chi connectivity index (χ0v) is 13.7. The molecule has 0 N–H and O–H groups in total. The Hall–Kier alpha value is -1.29. The highest BCUT2D eigenvalue weighted by atomic mass is 28.4. The molecule has 0 aliphatic carbocycles. The van der Waals surface area contributed by atoms with Crippen molar-refractivity contribution < 1.29 is 14.0 Å². The van der Waals surface area contributed by atoms with Gasteiger partial charge in [0.25, 0.3) is 5.97 Å². The van der Waals surface area contributed by atoms with Crippen LogP contribution in [0.1, 0.15) is 38.1 Å². The van der Waals surface area contributed by atoms with E-state index in [9.17, 15) is 4.79 Å². The fraction of sp³-hybridized carbons (Fsp3) is 0.533. The molecule has 0 aliphatic rings. The van der Waals surface area contributed by atoms with E-state index in [4.69, 9.17) is 9.16 Å². The molecule has 0 amide bonds. The molecule has 0 heterocycles. The Balaban J connectivity index is 2.79. The third-order valence-electron chi connectivity index (χ3n) is 3.56. The van der Waals surface area contributed by atoms with Gasteiger partial charge in [0.05, 0.1) is 12.2 Å². The van der Waals surface area contributed by atoms with Crippen LogP contribution in [0.4, 0.5) is 0 Å². The van der Waals surface area contributed by atoms with Crippen molar-refractivity contribution in [1.29, 1.82) is 0 Å². The molecule has 0 unspecified atom stereocenters. The molecule has 3 nitrogen and oxygen atoms in total. The van der Waals surface area contributed by atoms with Crippen molar-refractivity contribution in [2.75, 3.05) is 6.61 Å². The van der Waals surface area contributed by atoms with Crippen molar-refractivity contribution in [3.63, 3.8) is 0 Å². The third-order valence-corrected chi connectivity index (χ3v) is 7.86. The van der Waals surface area contributed by atoms with Crippen LogP contribution in [0, 0.1) is 0 Å². The number of rotatable bonds is 4. The lowest BCUT2D eigenvalue weighted by Gasteiger charge is -2.47. The smallest absolute Gasteiger partial charge is 0.294 e. The molecular formula is C15H24O3Si-. The summed E-state index contributed by atoms with van der Waals surface area (Å²) in [5.74, 6) is 0.529. The van der Waals surface area contributed by atoms with Crippen LogP contribution in [0.3, 0.4) is 0 Å². The first-order chi connectivity index (χ1) is 8.67. The average molecular weight is 280 g/mol. The molecule has 0 atom stereocenters. The van der Waals surface area contributed by atoms with E-state index < -0.39 is 8.32 Å². The van der Waals surface area contributed by atoms with Gasteiger partial charge in [-0.25, -0.2) is 0 Å². The van der Waals surface area contributed by atoms with Crippen LogP contribution in [-0.4, -0.2) is 20.9 Å². The number of ether oxygens (including phenoxy) is 1. The highest BCUT2D eigenvalue weighted by Crippen LogP contribution is 2.37. The highest BCUT2D eigenvalue weighted by Gasteiger charge is 2.28. The molecule has 0 saturated carbocycles. The van der Waals surface area contributed by atoms with Crippen molar-refractivity contribution in [2.45, 2.75) is 45.8 Å². The monoisotopic (exact) mass is 280 g/mol. The summed E-state index contributed by atoms with van der Waals surface area (Å²) in [6.45, 7) is 13.0. The third kappa shape index (κ3) is 4.09. The van der Waals surface area contributed by atoms with Crippen molar-refractivity contribution in [3.05, 3.63) is 29.8 Å². The summed E-state index contributed by atoms with van der Waals surface area (Å²) in [6, 6.07) is 7.10. The van der Waals surface area contributed by atoms with Gasteiger partial charge in [-0.3, -0.25) is 4.79 Å². The number of hydrogen-bond acceptors (Lipinski definition) is 3. The fourth-order valence-electron chi connectivity index (χ4n) is 1.30. The minimum Gasteiger partial charge on any atom is -0.660 e. The van der Waals surface area contributed by atoms with Crippen LogP contribution >= 0.6 is 0 Å². The van der Waals surface area contributed by atoms with Gasteiger partial charge in [-0.15, -0.1) is 18.1 Å². The quantitative estimate of drug-likeness (QED) is 0.774. The maximum Gasteiger partial charge on any atom is 0.294 e. The molecule has 0 aromatic heterocycles. The first-order valence-corrected chi connectivity index (χ1v) is 9.54. The Bertz CT molecular complexity index is 430. The minimum atomic E-state index is -2.06. The van der Waals surface area contributed by atoms with E-state index in [2.05, 4.69) is 33.9 Å². The van der Waals surface area contributed by atoms with E-state index in [0.717, 1.165) is 5.75 Å². The Labute approximate surface area is 117 Å². The van der Waals surface area contributed by atoms with Crippen LogP contribution in [0.2, 0.25) is 18.1 Å². The van der Waals surface area contributed by atoms with E-state index >= 15 is 0 Å². The lowest BCUT2D eigenvalue weighted by molar-refractivity contribution is 0.0712. The largest absolute Gasteiger partial charge is 0.660 e. The number of carbonyl (C=O) groups excluding carboxylic acids is 1. The lowest BCUT2D eigenvalue weighted by atomic mass is 10.2. The molecule has 0 spiro atoms. The molecule has 19 heavy (non-hydrogen) atoms. The molecule has 0 bridgehead atoms. The SMILES string of the molecule is CCOc1ccc(C(=O)O[Si-](C)(C)C(C)(C)C)cc1. The van der Waals surface area contributed by atoms with Crippen LogP contribution in [-0.2, 0) is 4.43 Å². The Kier molecular flexibility index (Phi) is 4.79. The van der Waals surface area contributed by atoms with Crippen molar-refractivity contribution >= 4 is 14.3 Å². The molecule has 1 rings (SSSR count). The summed E-state index contributed by atoms with van der Waals surface area (Å²) < 4.78 is 11.1. The molecule has 4 heteroatoms. The summed E-state index contributed by atoms with van der Waals surface area (Å²) >= 11 is 0. The molecule has 0 aliphatic heterocycles. The zero-order valence-electron chi connectivity index (χ0n) is 12.7. The molecule has 1 aromatic rings. The first kappa shape index (κ1) is 15.8. The Morgan fingerprint density at radius 1 is 1.16 bits per heavy atom. The van der Waals surface area contributed by atoms with Gasteiger partial charge < -0.3 is 9.16 Å². The van der Waals surface area contributed by atoms with Crippen molar-refractivity contribution in [3.8, 4) is 5.75 Å². The van der Waals surface area contributed by atoms with E-state index in [1.165, 1.54) is 0 Å². The number of carbonyl (C=O) groups is 1. The molecule has 107 valence electrons. The van der Waals surface area contributed by atoms with E-state index in [1.807, 2.05) is 6.92 Å². The second-order valence-electron chi connectivity index (χ2n) is 6.11. The second-order valence-corrected chi connectivity index (χ2v) is 10.8. The van der Waals surface area contributed by atoms with Gasteiger partial charge in [-0.05, 0) is 31.2 Å². The van der Waals surface area contributed by atoms with Gasteiger partial charge in [0, 0.05) is 8.32 Å². The van der Waals surface area contributed by atoms with Gasteiger partial charge >= 0.3 is 0 Å². The van der Waals surface area contributed by atoms with Crippen LogP contribution in [0.15, 0.2) is 24.3 Å². The Morgan fingerprint density at radius 3 is 2.11 bits per heavy atom. The van der Waals surface area contributed by atoms with E-state index in [1.54, 1.807) is 24.3 Å². The topological polar surface area (TPSA) is 35.5 Å². The maximum atomic E-state index is 12.1. The zero-order chi connectivity index (χ0) is 14.7. The predicted octanol–water partition coefficient (Wildman–Crippen LogP) is 4.25. The molecule has 1 aromatic carbocycles. The molecule has 0 fully saturated rings. The predicted molar refractivity (Wildman–Crippen MR) is 80.2 cm³/mol. The summed E-state index contributed by atoms with van der Waals surface area (Å²) in [5.41, 5.74) is 0.577. The van der Waals surface area contributed by atoms with Gasteiger partial charge in [-0.2, -0.15) is 0 Å². The molecular weight excluding hydrogens is 256 g/mol. The van der Waals surface area contributed by atoms with Gasteiger partial charge in [-0.1, -0.05) is 20.8 Å². The van der Waals surface area contributed by atoms with Gasteiger partial charge in [0.1, 0.15) is 5.75 Å². The van der Waals surface area contributed by atoms with E-state index in [-0.39, 0.29) is 11.0 Å². The highest BCUT2D eigenvalue weighted by molar-refractivity contribution is 6.75. The van der Waals surface area contributed by atoms with Crippen LogP contribution in [0.25, 0.3) is 0 Å². The average Bonchev–Trinajstić information content (AvgIpc) is 2.28. The normalized spacial score (nSPS) is 12.1. The standard InChI is InChI=1S/C15H24O3Si/c1-7-17-13-10-8-12(9-11-13)14(16)18-19(5,6)15(2,3)4/h8-11H,7H2,1-6H3/q-1. The minimum absolute atomic E-state index is 0.0217. The van der Waals surface area contributed by atoms with Crippen LogP contribution < -0.4 is 4.74 Å². The lowest BCUT2D eigenvalue weighted by Crippen LogP contribution is -2.42. The van der Waals surface area contributed by atoms with Crippen molar-refractivity contribution in [2.24, 2.45) is 0 Å². The molecule has 0 radical (unpaired) electrons. The molecule has 0 saturated heterocycles. The second kappa shape index (κ2) is 5.78. The number of hydrogen-bond donors (Lipinski definition) is 0. The summed E-state index contributed by atoms with van der Waals surface area (Å²) in [7, 11) is -2.06. The van der Waals surface area contributed by atoms with Crippen molar-refractivity contribution in [1.82, 2.24) is 0 Å². The first-order valence-electron chi connectivity index (χ1n) is 6.63. The summed E-state index contributed by atoms with van der Waals surface area (Å²) in [4.78, 5) is 12.1. The Morgan fingerprint density at radius 2 is 1.68 bits per heavy atom. The fourth-order valence-corrected chi connectivity index (χ4v) is 2.19. The maximum absolute atomic E-state index is 12.1. The summed E-state index contributed by atoms with van der Waals surface area (Å²) in [6.07, 6.45) is 0. The number of benzene rings is 1. The van der Waals surface area contributed by atoms with Gasteiger partial charge in [0.2, 0.25) is 0 Å². The van der Waals surface area contributed by atoms with E-state index in [0.29, 0.717) is 12.2 Å². The van der Waals surface area contributed by atoms with Gasteiger partial charge in [0.15, 0.2) is 0 Å². The van der Waals surface area contributed by atoms with Crippen LogP contribution in [0.5, 0.6) is 5.75 Å².